The highest BCUT2D eigenvalue weighted by molar-refractivity contribution is 6.05. The van der Waals surface area contributed by atoms with Crippen molar-refractivity contribution in [2.24, 2.45) is 0 Å². The molecule has 90 valence electrons. The number of aromatic nitrogens is 2. The Morgan fingerprint density at radius 3 is 2.68 bits per heavy atom. The summed E-state index contributed by atoms with van der Waals surface area (Å²) in [7, 11) is 0. The van der Waals surface area contributed by atoms with Gasteiger partial charge in [-0.3, -0.25) is 4.79 Å². The van der Waals surface area contributed by atoms with Gasteiger partial charge in [0.1, 0.15) is 0 Å². The minimum absolute atomic E-state index is 0.0245. The predicted octanol–water partition coefficient (Wildman–Crippen LogP) is 3.23. The SMILES string of the molecule is O=c1cccc2ccc3nc4ccccc4[nH]c3c12. The minimum atomic E-state index is 0.0245. The van der Waals surface area contributed by atoms with Gasteiger partial charge in [0.2, 0.25) is 0 Å². The third kappa shape index (κ3) is 1.45. The summed E-state index contributed by atoms with van der Waals surface area (Å²) in [5, 5.41) is 1.64. The number of nitrogens with zero attached hydrogens (tertiary/aromatic N) is 1. The number of hydrogen-bond acceptors (Lipinski definition) is 2. The molecule has 4 aromatic rings. The van der Waals surface area contributed by atoms with Crippen LogP contribution < -0.4 is 5.43 Å². The minimum Gasteiger partial charge on any atom is -0.351 e. The number of hydrogen-bond donors (Lipinski definition) is 1. The normalized spacial score (nSPS) is 11.4. The van der Waals surface area contributed by atoms with Crippen LogP contribution in [0.5, 0.6) is 0 Å². The molecule has 1 aromatic heterocycles. The molecule has 3 heteroatoms. The molecule has 3 aromatic carbocycles. The molecule has 0 saturated heterocycles. The van der Waals surface area contributed by atoms with Crippen molar-refractivity contribution >= 4 is 32.8 Å². The largest absolute Gasteiger partial charge is 0.351 e. The van der Waals surface area contributed by atoms with Gasteiger partial charge < -0.3 is 4.98 Å². The van der Waals surface area contributed by atoms with Gasteiger partial charge in [-0.1, -0.05) is 30.3 Å². The van der Waals surface area contributed by atoms with E-state index in [9.17, 15) is 4.79 Å². The van der Waals surface area contributed by atoms with E-state index in [0.29, 0.717) is 5.39 Å². The lowest BCUT2D eigenvalue weighted by Gasteiger charge is -2.05. The van der Waals surface area contributed by atoms with E-state index in [0.717, 1.165) is 27.5 Å². The molecule has 0 aliphatic carbocycles. The Hall–Kier alpha value is -2.68. The topological polar surface area (TPSA) is 45.8 Å². The Morgan fingerprint density at radius 1 is 0.842 bits per heavy atom. The number of nitrogens with one attached hydrogen (secondary N) is 1. The summed E-state index contributed by atoms with van der Waals surface area (Å²) in [5.41, 5.74) is 3.48. The average molecular weight is 246 g/mol. The molecule has 0 unspecified atom stereocenters. The first-order valence-corrected chi connectivity index (χ1v) is 6.13. The molecule has 0 amide bonds. The summed E-state index contributed by atoms with van der Waals surface area (Å²) in [4.78, 5) is 20.0. The van der Waals surface area contributed by atoms with Gasteiger partial charge in [0.05, 0.1) is 27.5 Å². The lowest BCUT2D eigenvalue weighted by molar-refractivity contribution is 1.40. The maximum atomic E-state index is 12.1. The lowest BCUT2D eigenvalue weighted by Crippen LogP contribution is -2.00. The highest BCUT2D eigenvalue weighted by Crippen LogP contribution is 2.22. The van der Waals surface area contributed by atoms with E-state index < -0.39 is 0 Å². The Bertz CT molecular complexity index is 986. The fourth-order valence-corrected chi connectivity index (χ4v) is 2.50. The summed E-state index contributed by atoms with van der Waals surface area (Å²) in [5.74, 6) is 0. The second-order valence-electron chi connectivity index (χ2n) is 4.57. The van der Waals surface area contributed by atoms with E-state index in [1.165, 1.54) is 0 Å². The van der Waals surface area contributed by atoms with Crippen LogP contribution in [0.25, 0.3) is 32.8 Å². The zero-order valence-corrected chi connectivity index (χ0v) is 10.1. The number of fused-ring (bicyclic) bond motifs is 4. The van der Waals surface area contributed by atoms with E-state index in [-0.39, 0.29) is 5.43 Å². The first kappa shape index (κ1) is 10.3. The molecule has 0 atom stereocenters. The second-order valence-corrected chi connectivity index (χ2v) is 4.57. The van der Waals surface area contributed by atoms with E-state index in [1.54, 1.807) is 12.1 Å². The molecular formula is C16H10N2O. The van der Waals surface area contributed by atoms with E-state index >= 15 is 0 Å². The van der Waals surface area contributed by atoms with Gasteiger partial charge in [0.25, 0.3) is 0 Å². The van der Waals surface area contributed by atoms with Crippen molar-refractivity contribution in [3.63, 3.8) is 0 Å². The van der Waals surface area contributed by atoms with Gasteiger partial charge in [-0.15, -0.1) is 0 Å². The molecular weight excluding hydrogens is 236 g/mol. The quantitative estimate of drug-likeness (QED) is 0.382. The molecule has 0 aliphatic rings. The Kier molecular flexibility index (Phi) is 1.97. The second kappa shape index (κ2) is 3.65. The van der Waals surface area contributed by atoms with E-state index in [2.05, 4.69) is 9.97 Å². The van der Waals surface area contributed by atoms with Gasteiger partial charge in [0, 0.05) is 0 Å². The molecule has 0 saturated carbocycles. The van der Waals surface area contributed by atoms with Crippen LogP contribution in [0.4, 0.5) is 0 Å². The highest BCUT2D eigenvalue weighted by atomic mass is 16.1. The Morgan fingerprint density at radius 2 is 1.74 bits per heavy atom. The third-order valence-corrected chi connectivity index (χ3v) is 3.39. The third-order valence-electron chi connectivity index (χ3n) is 3.39. The molecule has 4 rings (SSSR count). The average Bonchev–Trinajstić information content (AvgIpc) is 2.45. The van der Waals surface area contributed by atoms with Crippen LogP contribution in [0.2, 0.25) is 0 Å². The predicted molar refractivity (Wildman–Crippen MR) is 77.4 cm³/mol. The maximum absolute atomic E-state index is 12.1. The molecule has 19 heavy (non-hydrogen) atoms. The van der Waals surface area contributed by atoms with Crippen molar-refractivity contribution in [1.29, 1.82) is 0 Å². The zero-order chi connectivity index (χ0) is 12.8. The Labute approximate surface area is 108 Å². The van der Waals surface area contributed by atoms with E-state index in [4.69, 9.17) is 0 Å². The standard InChI is InChI=1S/C16H10N2O/c19-14-7-3-4-10-8-9-13-16(15(10)14)18-12-6-2-1-5-11(12)17-13/h1-9,18H. The van der Waals surface area contributed by atoms with Crippen molar-refractivity contribution < 1.29 is 0 Å². The van der Waals surface area contributed by atoms with Crippen LogP contribution in [-0.2, 0) is 0 Å². The molecule has 0 aliphatic heterocycles. The summed E-state index contributed by atoms with van der Waals surface area (Å²) in [6.07, 6.45) is 0. The maximum Gasteiger partial charge on any atom is 0.188 e. The van der Waals surface area contributed by atoms with Gasteiger partial charge >= 0.3 is 0 Å². The number of rotatable bonds is 0. The first-order valence-electron chi connectivity index (χ1n) is 6.13. The smallest absolute Gasteiger partial charge is 0.188 e. The molecule has 0 spiro atoms. The first-order chi connectivity index (χ1) is 9.33. The molecule has 1 heterocycles. The molecule has 0 fully saturated rings. The van der Waals surface area contributed by atoms with Gasteiger partial charge in [-0.2, -0.15) is 0 Å². The van der Waals surface area contributed by atoms with Crippen LogP contribution in [0.15, 0.2) is 59.4 Å². The van der Waals surface area contributed by atoms with Crippen molar-refractivity contribution in [2.75, 3.05) is 0 Å². The monoisotopic (exact) mass is 246 g/mol. The summed E-state index contributed by atoms with van der Waals surface area (Å²) in [6.45, 7) is 0. The van der Waals surface area contributed by atoms with E-state index in [1.807, 2.05) is 42.5 Å². The Balaban J connectivity index is 2.32. The van der Waals surface area contributed by atoms with Gasteiger partial charge in [-0.05, 0) is 29.7 Å². The molecule has 1 N–H and O–H groups in total. The van der Waals surface area contributed by atoms with Crippen LogP contribution in [0, 0.1) is 0 Å². The van der Waals surface area contributed by atoms with Crippen LogP contribution >= 0.6 is 0 Å². The lowest BCUT2D eigenvalue weighted by atomic mass is 10.1. The van der Waals surface area contributed by atoms with Gasteiger partial charge in [0.15, 0.2) is 5.43 Å². The van der Waals surface area contributed by atoms with Crippen LogP contribution in [0.1, 0.15) is 0 Å². The number of aromatic amines is 1. The van der Waals surface area contributed by atoms with Gasteiger partial charge in [-0.25, -0.2) is 4.98 Å². The highest BCUT2D eigenvalue weighted by Gasteiger charge is 2.06. The summed E-state index contributed by atoms with van der Waals surface area (Å²) < 4.78 is 0. The number of H-pyrrole nitrogens is 1. The number of benzene rings is 3. The zero-order valence-electron chi connectivity index (χ0n) is 10.1. The molecule has 0 bridgehead atoms. The number of para-hydroxylation sites is 2. The fraction of sp³-hybridized carbons (Fsp3) is 0. The summed E-state index contributed by atoms with van der Waals surface area (Å²) in [6, 6.07) is 17.0. The van der Waals surface area contributed by atoms with Crippen LogP contribution in [-0.4, -0.2) is 9.97 Å². The van der Waals surface area contributed by atoms with Crippen molar-refractivity contribution in [2.45, 2.75) is 0 Å². The molecule has 3 nitrogen and oxygen atoms in total. The van der Waals surface area contributed by atoms with Crippen molar-refractivity contribution in [3.05, 3.63) is 64.8 Å². The fourth-order valence-electron chi connectivity index (χ4n) is 2.50. The van der Waals surface area contributed by atoms with Crippen molar-refractivity contribution in [1.82, 2.24) is 9.97 Å². The van der Waals surface area contributed by atoms with Crippen molar-refractivity contribution in [3.8, 4) is 0 Å². The van der Waals surface area contributed by atoms with Crippen LogP contribution in [0.3, 0.4) is 0 Å². The molecule has 0 radical (unpaired) electrons. The summed E-state index contributed by atoms with van der Waals surface area (Å²) >= 11 is 0.